The number of amides is 1. The number of carbonyl (C=O) groups excluding carboxylic acids is 1. The number of hydrogen-bond acceptors (Lipinski definition) is 7. The molecule has 4 aromatic rings. The first-order valence-corrected chi connectivity index (χ1v) is 13.0. The number of likely N-dealkylation sites (tertiary alicyclic amines) is 1. The summed E-state index contributed by atoms with van der Waals surface area (Å²) in [5.41, 5.74) is 4.33. The van der Waals surface area contributed by atoms with Gasteiger partial charge >= 0.3 is 0 Å². The van der Waals surface area contributed by atoms with Crippen molar-refractivity contribution < 1.29 is 4.79 Å². The normalized spacial score (nSPS) is 19.6. The SMILES string of the molecule is Cc1cc2cnc(Nc3ccc(NC4CCCN(C)C4)cc3)nc2n(C2Cc3ccccc3C(=O)N2)c1=O. The van der Waals surface area contributed by atoms with Crippen LogP contribution in [-0.4, -0.2) is 51.5 Å². The minimum Gasteiger partial charge on any atom is -0.381 e. The number of rotatable bonds is 5. The van der Waals surface area contributed by atoms with E-state index in [9.17, 15) is 9.59 Å². The van der Waals surface area contributed by atoms with Crippen molar-refractivity contribution in [3.63, 3.8) is 0 Å². The number of nitrogens with one attached hydrogen (secondary N) is 3. The fourth-order valence-corrected chi connectivity index (χ4v) is 5.47. The number of nitrogens with zero attached hydrogens (tertiary/aromatic N) is 4. The Balaban J connectivity index is 1.27. The van der Waals surface area contributed by atoms with Crippen LogP contribution in [0, 0.1) is 6.92 Å². The highest BCUT2D eigenvalue weighted by molar-refractivity contribution is 5.97. The van der Waals surface area contributed by atoms with Gasteiger partial charge in [0.1, 0.15) is 11.8 Å². The smallest absolute Gasteiger partial charge is 0.256 e. The largest absolute Gasteiger partial charge is 0.381 e. The molecule has 2 aromatic carbocycles. The van der Waals surface area contributed by atoms with Gasteiger partial charge in [0.2, 0.25) is 5.95 Å². The number of aromatic nitrogens is 3. The topological polar surface area (TPSA) is 104 Å². The second-order valence-corrected chi connectivity index (χ2v) is 10.3. The molecule has 9 heteroatoms. The molecule has 2 unspecified atom stereocenters. The van der Waals surface area contributed by atoms with Crippen LogP contribution in [0.15, 0.2) is 65.6 Å². The molecule has 38 heavy (non-hydrogen) atoms. The molecule has 3 N–H and O–H groups in total. The zero-order chi connectivity index (χ0) is 26.2. The lowest BCUT2D eigenvalue weighted by Gasteiger charge is -2.30. The van der Waals surface area contributed by atoms with Crippen molar-refractivity contribution in [1.29, 1.82) is 0 Å². The summed E-state index contributed by atoms with van der Waals surface area (Å²) in [6, 6.07) is 17.8. The summed E-state index contributed by atoms with van der Waals surface area (Å²) >= 11 is 0. The standard InChI is InChI=1S/C29H31N7O2/c1-18-14-20-16-30-29(32-22-11-9-21(10-12-22)31-23-7-5-13-35(2)17-23)34-26(20)36(28(18)38)25-15-19-6-3-4-8-24(19)27(37)33-25/h3-4,6,8-12,14,16,23,25,31H,5,7,13,15,17H2,1-2H3,(H,33,37)(H,30,32,34). The number of piperidine rings is 1. The van der Waals surface area contributed by atoms with Crippen molar-refractivity contribution >= 4 is 34.3 Å². The maximum atomic E-state index is 13.3. The van der Waals surface area contributed by atoms with E-state index in [4.69, 9.17) is 4.98 Å². The van der Waals surface area contributed by atoms with Crippen molar-refractivity contribution in [3.8, 4) is 0 Å². The third-order valence-corrected chi connectivity index (χ3v) is 7.37. The first-order valence-electron chi connectivity index (χ1n) is 13.0. The number of fused-ring (bicyclic) bond motifs is 2. The summed E-state index contributed by atoms with van der Waals surface area (Å²) in [7, 11) is 2.16. The molecule has 2 aromatic heterocycles. The van der Waals surface area contributed by atoms with E-state index in [0.717, 1.165) is 35.4 Å². The van der Waals surface area contributed by atoms with Crippen LogP contribution in [-0.2, 0) is 6.42 Å². The van der Waals surface area contributed by atoms with Crippen LogP contribution < -0.4 is 21.5 Å². The number of likely N-dealkylation sites (N-methyl/N-ethyl adjacent to an activating group) is 1. The van der Waals surface area contributed by atoms with Gasteiger partial charge in [-0.3, -0.25) is 14.2 Å². The molecule has 0 spiro atoms. The van der Waals surface area contributed by atoms with E-state index in [0.29, 0.717) is 35.2 Å². The molecule has 2 aliphatic rings. The van der Waals surface area contributed by atoms with Crippen LogP contribution in [0.3, 0.4) is 0 Å². The molecule has 1 saturated heterocycles. The van der Waals surface area contributed by atoms with Gasteiger partial charge in [-0.1, -0.05) is 18.2 Å². The number of benzene rings is 2. The molecule has 0 bridgehead atoms. The number of anilines is 3. The summed E-state index contributed by atoms with van der Waals surface area (Å²) in [6.07, 6.45) is 4.04. The second kappa shape index (κ2) is 9.90. The van der Waals surface area contributed by atoms with Gasteiger partial charge in [0.25, 0.3) is 11.5 Å². The van der Waals surface area contributed by atoms with Gasteiger partial charge in [0.05, 0.1) is 0 Å². The van der Waals surface area contributed by atoms with E-state index in [1.54, 1.807) is 29.8 Å². The van der Waals surface area contributed by atoms with Gasteiger partial charge in [-0.15, -0.1) is 0 Å². The highest BCUT2D eigenvalue weighted by atomic mass is 16.2. The maximum Gasteiger partial charge on any atom is 0.256 e. The average Bonchev–Trinajstić information content (AvgIpc) is 2.91. The Labute approximate surface area is 220 Å². The zero-order valence-corrected chi connectivity index (χ0v) is 21.6. The molecular formula is C29H31N7O2. The van der Waals surface area contributed by atoms with Crippen molar-refractivity contribution in [3.05, 3.63) is 87.8 Å². The quantitative estimate of drug-likeness (QED) is 0.376. The van der Waals surface area contributed by atoms with Crippen LogP contribution in [0.4, 0.5) is 17.3 Å². The highest BCUT2D eigenvalue weighted by Gasteiger charge is 2.27. The Morgan fingerprint density at radius 1 is 1.05 bits per heavy atom. The molecule has 0 saturated carbocycles. The molecule has 6 rings (SSSR count). The van der Waals surface area contributed by atoms with Crippen molar-refractivity contribution in [2.45, 2.75) is 38.4 Å². The Morgan fingerprint density at radius 2 is 1.84 bits per heavy atom. The molecule has 4 heterocycles. The van der Waals surface area contributed by atoms with Crippen LogP contribution in [0.5, 0.6) is 0 Å². The van der Waals surface area contributed by atoms with E-state index in [1.807, 2.05) is 42.5 Å². The van der Waals surface area contributed by atoms with Crippen molar-refractivity contribution in [2.24, 2.45) is 0 Å². The van der Waals surface area contributed by atoms with Gasteiger partial charge in [-0.2, -0.15) is 4.98 Å². The lowest BCUT2D eigenvalue weighted by Crippen LogP contribution is -2.43. The average molecular weight is 510 g/mol. The molecule has 0 aliphatic carbocycles. The molecular weight excluding hydrogens is 478 g/mol. The predicted molar refractivity (Wildman–Crippen MR) is 149 cm³/mol. The van der Waals surface area contributed by atoms with Gasteiger partial charge in [-0.25, -0.2) is 4.98 Å². The summed E-state index contributed by atoms with van der Waals surface area (Å²) in [6.45, 7) is 3.96. The van der Waals surface area contributed by atoms with Crippen LogP contribution in [0.2, 0.25) is 0 Å². The molecule has 1 fully saturated rings. The van der Waals surface area contributed by atoms with Crippen LogP contribution in [0.25, 0.3) is 11.0 Å². The third-order valence-electron chi connectivity index (χ3n) is 7.37. The molecule has 2 atom stereocenters. The lowest BCUT2D eigenvalue weighted by atomic mass is 9.98. The Morgan fingerprint density at radius 3 is 2.66 bits per heavy atom. The Bertz CT molecular complexity index is 1560. The monoisotopic (exact) mass is 509 g/mol. The first-order chi connectivity index (χ1) is 18.4. The number of hydrogen-bond donors (Lipinski definition) is 3. The fourth-order valence-electron chi connectivity index (χ4n) is 5.47. The minimum absolute atomic E-state index is 0.185. The van der Waals surface area contributed by atoms with Gasteiger partial charge in [0.15, 0.2) is 0 Å². The Hall–Kier alpha value is -4.24. The van der Waals surface area contributed by atoms with E-state index in [2.05, 4.69) is 32.9 Å². The summed E-state index contributed by atoms with van der Waals surface area (Å²) in [4.78, 5) is 37.7. The van der Waals surface area contributed by atoms with Gasteiger partial charge in [0, 0.05) is 53.1 Å². The highest BCUT2D eigenvalue weighted by Crippen LogP contribution is 2.25. The van der Waals surface area contributed by atoms with Crippen molar-refractivity contribution in [1.82, 2.24) is 24.8 Å². The van der Waals surface area contributed by atoms with E-state index in [-0.39, 0.29) is 11.5 Å². The predicted octanol–water partition coefficient (Wildman–Crippen LogP) is 3.83. The number of pyridine rings is 1. The molecule has 194 valence electrons. The molecule has 2 aliphatic heterocycles. The zero-order valence-electron chi connectivity index (χ0n) is 21.6. The van der Waals surface area contributed by atoms with E-state index < -0.39 is 6.17 Å². The Kier molecular flexibility index (Phi) is 6.29. The fraction of sp³-hybridized carbons (Fsp3) is 0.310. The first kappa shape index (κ1) is 24.1. The van der Waals surface area contributed by atoms with E-state index in [1.165, 1.54) is 12.8 Å². The number of aryl methyl sites for hydroxylation is 1. The minimum atomic E-state index is -0.542. The van der Waals surface area contributed by atoms with E-state index >= 15 is 0 Å². The molecule has 9 nitrogen and oxygen atoms in total. The summed E-state index contributed by atoms with van der Waals surface area (Å²) in [5.74, 6) is 0.186. The van der Waals surface area contributed by atoms with Gasteiger partial charge in [-0.05, 0) is 75.3 Å². The van der Waals surface area contributed by atoms with Gasteiger partial charge < -0.3 is 20.9 Å². The van der Waals surface area contributed by atoms with Crippen LogP contribution in [0.1, 0.15) is 40.5 Å². The third kappa shape index (κ3) is 4.72. The maximum absolute atomic E-state index is 13.3. The van der Waals surface area contributed by atoms with Crippen LogP contribution >= 0.6 is 0 Å². The summed E-state index contributed by atoms with van der Waals surface area (Å²) in [5, 5.41) is 10.6. The number of carbonyl (C=O) groups is 1. The summed E-state index contributed by atoms with van der Waals surface area (Å²) < 4.78 is 1.58. The molecule has 0 radical (unpaired) electrons. The lowest BCUT2D eigenvalue weighted by molar-refractivity contribution is 0.0905. The second-order valence-electron chi connectivity index (χ2n) is 10.3. The van der Waals surface area contributed by atoms with Crippen molar-refractivity contribution in [2.75, 3.05) is 30.8 Å². The molecule has 1 amide bonds.